The number of rotatable bonds is 6. The summed E-state index contributed by atoms with van der Waals surface area (Å²) >= 11 is 0. The lowest BCUT2D eigenvalue weighted by Gasteiger charge is -2.36. The van der Waals surface area contributed by atoms with E-state index in [9.17, 15) is 5.11 Å². The van der Waals surface area contributed by atoms with Crippen molar-refractivity contribution in [3.63, 3.8) is 0 Å². The minimum atomic E-state index is -0.621. The Kier molecular flexibility index (Phi) is 5.12. The molecular formula is C14H26N4O2. The molecule has 2 heterocycles. The van der Waals surface area contributed by atoms with Crippen LogP contribution in [0.5, 0.6) is 0 Å². The first-order chi connectivity index (χ1) is 9.46. The van der Waals surface area contributed by atoms with Gasteiger partial charge >= 0.3 is 0 Å². The predicted octanol–water partition coefficient (Wildman–Crippen LogP) is 0.911. The third-order valence-electron chi connectivity index (χ3n) is 3.42. The van der Waals surface area contributed by atoms with Gasteiger partial charge in [-0.2, -0.15) is 4.98 Å². The van der Waals surface area contributed by atoms with Crippen molar-refractivity contribution in [2.75, 3.05) is 32.7 Å². The zero-order valence-electron chi connectivity index (χ0n) is 12.8. The average molecular weight is 282 g/mol. The molecule has 0 bridgehead atoms. The Hall–Kier alpha value is -0.980. The van der Waals surface area contributed by atoms with Crippen molar-refractivity contribution < 1.29 is 9.63 Å². The molecule has 2 rings (SSSR count). The minimum absolute atomic E-state index is 0.621. The second-order valence-electron chi connectivity index (χ2n) is 6.22. The molecule has 1 saturated heterocycles. The van der Waals surface area contributed by atoms with Gasteiger partial charge in [0.05, 0.1) is 12.1 Å². The van der Waals surface area contributed by atoms with E-state index in [0.717, 1.165) is 57.9 Å². The van der Waals surface area contributed by atoms with Gasteiger partial charge < -0.3 is 9.63 Å². The fraction of sp³-hybridized carbons (Fsp3) is 0.857. The van der Waals surface area contributed by atoms with Crippen LogP contribution in [-0.2, 0) is 13.0 Å². The highest BCUT2D eigenvalue weighted by Gasteiger charge is 2.23. The van der Waals surface area contributed by atoms with Gasteiger partial charge in [-0.3, -0.25) is 9.80 Å². The summed E-state index contributed by atoms with van der Waals surface area (Å²) in [6, 6.07) is 0. The molecule has 1 fully saturated rings. The van der Waals surface area contributed by atoms with E-state index in [1.165, 1.54) is 0 Å². The normalized spacial score (nSPS) is 18.6. The van der Waals surface area contributed by atoms with E-state index in [1.807, 2.05) is 13.8 Å². The average Bonchev–Trinajstić information content (AvgIpc) is 2.78. The molecule has 0 atom stereocenters. The number of hydrogen-bond acceptors (Lipinski definition) is 6. The molecule has 0 aliphatic carbocycles. The summed E-state index contributed by atoms with van der Waals surface area (Å²) in [5.74, 6) is 1.52. The van der Waals surface area contributed by atoms with E-state index in [0.29, 0.717) is 5.89 Å². The third kappa shape index (κ3) is 4.85. The Morgan fingerprint density at radius 3 is 2.45 bits per heavy atom. The molecule has 114 valence electrons. The van der Waals surface area contributed by atoms with E-state index >= 15 is 0 Å². The van der Waals surface area contributed by atoms with Gasteiger partial charge in [-0.05, 0) is 20.3 Å². The highest BCUT2D eigenvalue weighted by Crippen LogP contribution is 2.11. The highest BCUT2D eigenvalue weighted by atomic mass is 16.5. The van der Waals surface area contributed by atoms with Crippen LogP contribution in [0.3, 0.4) is 0 Å². The van der Waals surface area contributed by atoms with Crippen molar-refractivity contribution in [1.29, 1.82) is 0 Å². The van der Waals surface area contributed by atoms with Crippen LogP contribution < -0.4 is 0 Å². The van der Waals surface area contributed by atoms with Crippen molar-refractivity contribution in [3.8, 4) is 0 Å². The summed E-state index contributed by atoms with van der Waals surface area (Å²) in [7, 11) is 0. The molecule has 20 heavy (non-hydrogen) atoms. The predicted molar refractivity (Wildman–Crippen MR) is 76.3 cm³/mol. The van der Waals surface area contributed by atoms with Crippen LogP contribution in [0.25, 0.3) is 0 Å². The van der Waals surface area contributed by atoms with Crippen molar-refractivity contribution in [2.45, 2.75) is 45.8 Å². The molecule has 1 aromatic heterocycles. The fourth-order valence-corrected chi connectivity index (χ4v) is 2.52. The Labute approximate surface area is 120 Å². The van der Waals surface area contributed by atoms with Gasteiger partial charge in [0.2, 0.25) is 5.89 Å². The number of nitrogens with zero attached hydrogens (tertiary/aromatic N) is 4. The molecule has 1 aliphatic rings. The van der Waals surface area contributed by atoms with Gasteiger partial charge in [-0.1, -0.05) is 12.1 Å². The standard InChI is InChI=1S/C14H26N4O2/c1-4-5-12-15-13(20-16-12)10-17-6-8-18(9-7-17)11-14(2,3)19/h19H,4-11H2,1-3H3. The summed E-state index contributed by atoms with van der Waals surface area (Å²) in [6.07, 6.45) is 1.91. The van der Waals surface area contributed by atoms with Crippen molar-refractivity contribution in [2.24, 2.45) is 0 Å². The molecule has 1 N–H and O–H groups in total. The second-order valence-corrected chi connectivity index (χ2v) is 6.22. The smallest absolute Gasteiger partial charge is 0.240 e. The van der Waals surface area contributed by atoms with Gasteiger partial charge in [-0.15, -0.1) is 0 Å². The third-order valence-corrected chi connectivity index (χ3v) is 3.42. The Morgan fingerprint density at radius 2 is 1.85 bits per heavy atom. The lowest BCUT2D eigenvalue weighted by atomic mass is 10.1. The van der Waals surface area contributed by atoms with Crippen LogP contribution in [0.4, 0.5) is 0 Å². The monoisotopic (exact) mass is 282 g/mol. The number of β-amino-alcohol motifs (C(OH)–C–C–N with tert-alkyl or cyclic N) is 1. The van der Waals surface area contributed by atoms with Gasteiger partial charge in [0.1, 0.15) is 0 Å². The Balaban J connectivity index is 1.76. The molecule has 0 unspecified atom stereocenters. The first-order valence-electron chi connectivity index (χ1n) is 7.45. The zero-order valence-corrected chi connectivity index (χ0v) is 12.8. The lowest BCUT2D eigenvalue weighted by molar-refractivity contribution is 0.0153. The van der Waals surface area contributed by atoms with E-state index < -0.39 is 5.60 Å². The topological polar surface area (TPSA) is 65.6 Å². The number of aromatic nitrogens is 2. The van der Waals surface area contributed by atoms with Crippen molar-refractivity contribution in [3.05, 3.63) is 11.7 Å². The zero-order chi connectivity index (χ0) is 14.6. The summed E-state index contributed by atoms with van der Waals surface area (Å²) in [5.41, 5.74) is -0.621. The van der Waals surface area contributed by atoms with Crippen molar-refractivity contribution >= 4 is 0 Å². The fourth-order valence-electron chi connectivity index (χ4n) is 2.52. The second kappa shape index (κ2) is 6.65. The molecule has 0 spiro atoms. The molecule has 6 nitrogen and oxygen atoms in total. The quantitative estimate of drug-likeness (QED) is 0.836. The largest absolute Gasteiger partial charge is 0.389 e. The van der Waals surface area contributed by atoms with Crippen LogP contribution in [0.2, 0.25) is 0 Å². The summed E-state index contributed by atoms with van der Waals surface area (Å²) in [6.45, 7) is 11.2. The van der Waals surface area contributed by atoms with Crippen LogP contribution in [-0.4, -0.2) is 63.4 Å². The Morgan fingerprint density at radius 1 is 1.20 bits per heavy atom. The maximum absolute atomic E-state index is 9.84. The van der Waals surface area contributed by atoms with Crippen LogP contribution in [0.1, 0.15) is 38.9 Å². The summed E-state index contributed by atoms with van der Waals surface area (Å²) < 4.78 is 5.27. The molecule has 1 aliphatic heterocycles. The maximum Gasteiger partial charge on any atom is 0.240 e. The first-order valence-corrected chi connectivity index (χ1v) is 7.45. The van der Waals surface area contributed by atoms with Gasteiger partial charge in [0, 0.05) is 39.1 Å². The molecule has 0 aromatic carbocycles. The van der Waals surface area contributed by atoms with Gasteiger partial charge in [0.25, 0.3) is 0 Å². The minimum Gasteiger partial charge on any atom is -0.389 e. The van der Waals surface area contributed by atoms with Crippen LogP contribution in [0.15, 0.2) is 4.52 Å². The molecule has 6 heteroatoms. The summed E-state index contributed by atoms with van der Waals surface area (Å²) in [4.78, 5) is 9.02. The highest BCUT2D eigenvalue weighted by molar-refractivity contribution is 4.87. The summed E-state index contributed by atoms with van der Waals surface area (Å²) in [5, 5.41) is 13.8. The van der Waals surface area contributed by atoms with Crippen LogP contribution >= 0.6 is 0 Å². The Bertz CT molecular complexity index is 406. The number of piperazine rings is 1. The van der Waals surface area contributed by atoms with Crippen LogP contribution in [0, 0.1) is 0 Å². The molecular weight excluding hydrogens is 256 g/mol. The van der Waals surface area contributed by atoms with Gasteiger partial charge in [-0.25, -0.2) is 0 Å². The lowest BCUT2D eigenvalue weighted by Crippen LogP contribution is -2.50. The number of aryl methyl sites for hydroxylation is 1. The number of aliphatic hydroxyl groups is 1. The van der Waals surface area contributed by atoms with Crippen molar-refractivity contribution in [1.82, 2.24) is 19.9 Å². The SMILES string of the molecule is CCCc1noc(CN2CCN(CC(C)(C)O)CC2)n1. The maximum atomic E-state index is 9.84. The molecule has 1 aromatic rings. The van der Waals surface area contributed by atoms with E-state index in [1.54, 1.807) is 0 Å². The van der Waals surface area contributed by atoms with E-state index in [4.69, 9.17) is 4.52 Å². The van der Waals surface area contributed by atoms with E-state index in [2.05, 4.69) is 26.9 Å². The molecule has 0 amide bonds. The first kappa shape index (κ1) is 15.4. The van der Waals surface area contributed by atoms with E-state index in [-0.39, 0.29) is 0 Å². The number of hydrogen-bond donors (Lipinski definition) is 1. The molecule has 0 saturated carbocycles. The van der Waals surface area contributed by atoms with Gasteiger partial charge in [0.15, 0.2) is 5.82 Å². The molecule has 0 radical (unpaired) electrons.